The Bertz CT molecular complexity index is 1360. The molecule has 8 heteroatoms. The third-order valence-electron chi connectivity index (χ3n) is 7.07. The first kappa shape index (κ1) is 23.2. The molecule has 0 spiro atoms. The fourth-order valence-electron chi connectivity index (χ4n) is 4.70. The number of carbonyl (C=O) groups is 1. The molecule has 2 amide bonds. The van der Waals surface area contributed by atoms with E-state index in [1.807, 2.05) is 55.5 Å². The zero-order chi connectivity index (χ0) is 25.2. The summed E-state index contributed by atoms with van der Waals surface area (Å²) in [5.41, 5.74) is 6.62. The van der Waals surface area contributed by atoms with E-state index in [2.05, 4.69) is 54.4 Å². The van der Waals surface area contributed by atoms with Crippen LogP contribution in [0.2, 0.25) is 0 Å². The summed E-state index contributed by atoms with van der Waals surface area (Å²) < 4.78 is 0. The first-order valence-corrected chi connectivity index (χ1v) is 13.0. The fraction of sp³-hybridized carbons (Fsp3) is 0.310. The van der Waals surface area contributed by atoms with E-state index in [1.165, 1.54) is 25.7 Å². The highest BCUT2D eigenvalue weighted by molar-refractivity contribution is 6.02. The van der Waals surface area contributed by atoms with Gasteiger partial charge in [0.25, 0.3) is 0 Å². The van der Waals surface area contributed by atoms with Crippen LogP contribution in [0.4, 0.5) is 21.9 Å². The van der Waals surface area contributed by atoms with Crippen LogP contribution in [0.5, 0.6) is 0 Å². The summed E-state index contributed by atoms with van der Waals surface area (Å²) in [5, 5.41) is 20.8. The third kappa shape index (κ3) is 5.63. The van der Waals surface area contributed by atoms with Crippen LogP contribution in [-0.2, 0) is 0 Å². The average Bonchev–Trinajstić information content (AvgIpc) is 3.84. The Labute approximate surface area is 216 Å². The molecule has 0 radical (unpaired) electrons. The van der Waals surface area contributed by atoms with Gasteiger partial charge in [0, 0.05) is 24.3 Å². The molecular formula is C29H31N7O. The maximum Gasteiger partial charge on any atom is 0.323 e. The lowest BCUT2D eigenvalue weighted by Gasteiger charge is -2.28. The number of benzene rings is 3. The van der Waals surface area contributed by atoms with Gasteiger partial charge >= 0.3 is 6.03 Å². The molecule has 3 N–H and O–H groups in total. The standard InChI is InChI=1S/C29H31N7O/c1-19-6-13-23(14-7-19)30-29(37)31-26-16-22(24-4-2-3-5-25(24)28-32-34-35-33-28)12-15-27(26)36(17-20-8-9-20)18-21-10-11-21/h2-7,12-16,20-21H,8-11,17-18H2,1H3,(H2,30,31,37)(H,32,33,34,35). The molecule has 3 aromatic carbocycles. The molecule has 1 aromatic heterocycles. The number of aromatic nitrogens is 4. The van der Waals surface area contributed by atoms with Crippen molar-refractivity contribution < 1.29 is 4.79 Å². The summed E-state index contributed by atoms with van der Waals surface area (Å²) in [6, 6.07) is 21.9. The number of nitrogens with one attached hydrogen (secondary N) is 3. The molecule has 2 saturated carbocycles. The molecule has 0 unspecified atom stereocenters. The van der Waals surface area contributed by atoms with E-state index in [4.69, 9.17) is 0 Å². The van der Waals surface area contributed by atoms with Crippen molar-refractivity contribution in [2.24, 2.45) is 11.8 Å². The monoisotopic (exact) mass is 493 g/mol. The molecule has 6 rings (SSSR count). The zero-order valence-electron chi connectivity index (χ0n) is 20.9. The Kier molecular flexibility index (Phi) is 6.30. The van der Waals surface area contributed by atoms with Crippen LogP contribution >= 0.6 is 0 Å². The first-order chi connectivity index (χ1) is 18.1. The van der Waals surface area contributed by atoms with E-state index in [9.17, 15) is 4.79 Å². The minimum Gasteiger partial charge on any atom is -0.369 e. The lowest BCUT2D eigenvalue weighted by Crippen LogP contribution is -2.30. The van der Waals surface area contributed by atoms with Crippen LogP contribution in [0, 0.1) is 18.8 Å². The summed E-state index contributed by atoms with van der Waals surface area (Å²) in [7, 11) is 0. The second-order valence-electron chi connectivity index (χ2n) is 10.2. The SMILES string of the molecule is Cc1ccc(NC(=O)Nc2cc(-c3ccccc3-c3nn[nH]n3)ccc2N(CC2CC2)CC2CC2)cc1. The van der Waals surface area contributed by atoms with Gasteiger partial charge in [0.2, 0.25) is 5.82 Å². The van der Waals surface area contributed by atoms with Crippen LogP contribution in [0.1, 0.15) is 31.2 Å². The molecule has 8 nitrogen and oxygen atoms in total. The molecule has 0 bridgehead atoms. The highest BCUT2D eigenvalue weighted by Crippen LogP contribution is 2.40. The zero-order valence-corrected chi connectivity index (χ0v) is 20.9. The number of hydrogen-bond donors (Lipinski definition) is 3. The molecule has 1 heterocycles. The number of tetrazole rings is 1. The number of H-pyrrole nitrogens is 1. The predicted octanol–water partition coefficient (Wildman–Crippen LogP) is 6.11. The van der Waals surface area contributed by atoms with Gasteiger partial charge in [0.05, 0.1) is 11.4 Å². The topological polar surface area (TPSA) is 98.8 Å². The van der Waals surface area contributed by atoms with E-state index in [0.29, 0.717) is 5.82 Å². The number of urea groups is 1. The quantitative estimate of drug-likeness (QED) is 0.261. The van der Waals surface area contributed by atoms with Gasteiger partial charge in [0.1, 0.15) is 0 Å². The van der Waals surface area contributed by atoms with Crippen molar-refractivity contribution in [1.82, 2.24) is 20.6 Å². The van der Waals surface area contributed by atoms with Crippen LogP contribution < -0.4 is 15.5 Å². The molecular weight excluding hydrogens is 462 g/mol. The Morgan fingerprint density at radius 3 is 2.27 bits per heavy atom. The van der Waals surface area contributed by atoms with E-state index < -0.39 is 0 Å². The Hall–Kier alpha value is -4.20. The van der Waals surface area contributed by atoms with E-state index in [1.54, 1.807) is 0 Å². The third-order valence-corrected chi connectivity index (χ3v) is 7.07. The van der Waals surface area contributed by atoms with Crippen molar-refractivity contribution in [3.05, 3.63) is 72.3 Å². The molecule has 2 aliphatic rings. The van der Waals surface area contributed by atoms with Crippen molar-refractivity contribution in [1.29, 1.82) is 0 Å². The maximum atomic E-state index is 13.1. The van der Waals surface area contributed by atoms with E-state index in [-0.39, 0.29) is 6.03 Å². The van der Waals surface area contributed by atoms with Crippen LogP contribution in [0.25, 0.3) is 22.5 Å². The molecule has 0 atom stereocenters. The van der Waals surface area contributed by atoms with Gasteiger partial charge in [0.15, 0.2) is 0 Å². The van der Waals surface area contributed by atoms with Crippen LogP contribution in [0.15, 0.2) is 66.7 Å². The second kappa shape index (κ2) is 10.0. The average molecular weight is 494 g/mol. The summed E-state index contributed by atoms with van der Waals surface area (Å²) in [6.07, 6.45) is 5.14. The smallest absolute Gasteiger partial charge is 0.323 e. The lowest BCUT2D eigenvalue weighted by atomic mass is 9.98. The predicted molar refractivity (Wildman–Crippen MR) is 147 cm³/mol. The second-order valence-corrected chi connectivity index (χ2v) is 10.2. The first-order valence-electron chi connectivity index (χ1n) is 13.0. The number of aromatic amines is 1. The fourth-order valence-corrected chi connectivity index (χ4v) is 4.70. The molecule has 0 aliphatic heterocycles. The summed E-state index contributed by atoms with van der Waals surface area (Å²) in [4.78, 5) is 15.6. The van der Waals surface area contributed by atoms with Crippen LogP contribution in [0.3, 0.4) is 0 Å². The summed E-state index contributed by atoms with van der Waals surface area (Å²) in [6.45, 7) is 4.09. The van der Waals surface area contributed by atoms with Gasteiger partial charge in [-0.2, -0.15) is 5.21 Å². The number of nitrogens with zero attached hydrogens (tertiary/aromatic N) is 4. The van der Waals surface area contributed by atoms with Crippen molar-refractivity contribution in [2.45, 2.75) is 32.6 Å². The van der Waals surface area contributed by atoms with Crippen molar-refractivity contribution in [3.63, 3.8) is 0 Å². The highest BCUT2D eigenvalue weighted by atomic mass is 16.2. The summed E-state index contributed by atoms with van der Waals surface area (Å²) in [5.74, 6) is 2.02. The van der Waals surface area contributed by atoms with Gasteiger partial charge in [-0.15, -0.1) is 10.2 Å². The molecule has 2 fully saturated rings. The largest absolute Gasteiger partial charge is 0.369 e. The number of amides is 2. The van der Waals surface area contributed by atoms with Gasteiger partial charge < -0.3 is 15.5 Å². The number of carbonyl (C=O) groups excluding carboxylic acids is 1. The lowest BCUT2D eigenvalue weighted by molar-refractivity contribution is 0.262. The number of aryl methyl sites for hydroxylation is 1. The van der Waals surface area contributed by atoms with Crippen LogP contribution in [-0.4, -0.2) is 39.7 Å². The van der Waals surface area contributed by atoms with E-state index >= 15 is 0 Å². The molecule has 37 heavy (non-hydrogen) atoms. The van der Waals surface area contributed by atoms with Gasteiger partial charge in [-0.05, 0) is 85.0 Å². The normalized spacial score (nSPS) is 14.8. The Morgan fingerprint density at radius 1 is 0.919 bits per heavy atom. The molecule has 188 valence electrons. The Balaban J connectivity index is 1.35. The van der Waals surface area contributed by atoms with Crippen molar-refractivity contribution >= 4 is 23.1 Å². The number of rotatable bonds is 9. The molecule has 2 aliphatic carbocycles. The van der Waals surface area contributed by atoms with Gasteiger partial charge in [-0.1, -0.05) is 48.0 Å². The molecule has 4 aromatic rings. The van der Waals surface area contributed by atoms with Crippen molar-refractivity contribution in [3.8, 4) is 22.5 Å². The highest BCUT2D eigenvalue weighted by Gasteiger charge is 2.30. The van der Waals surface area contributed by atoms with Crippen molar-refractivity contribution in [2.75, 3.05) is 28.6 Å². The Morgan fingerprint density at radius 2 is 1.62 bits per heavy atom. The molecule has 0 saturated heterocycles. The minimum absolute atomic E-state index is 0.258. The maximum absolute atomic E-state index is 13.1. The number of anilines is 3. The summed E-state index contributed by atoms with van der Waals surface area (Å²) >= 11 is 0. The van der Waals surface area contributed by atoms with Gasteiger partial charge in [-0.25, -0.2) is 4.79 Å². The van der Waals surface area contributed by atoms with E-state index in [0.717, 1.165) is 64.2 Å². The minimum atomic E-state index is -0.258. The number of hydrogen-bond acceptors (Lipinski definition) is 5. The van der Waals surface area contributed by atoms with Gasteiger partial charge in [-0.3, -0.25) is 0 Å².